The second-order valence-electron chi connectivity index (χ2n) is 16.9. The van der Waals surface area contributed by atoms with Crippen molar-refractivity contribution >= 4 is 94.2 Å². The van der Waals surface area contributed by atoms with Gasteiger partial charge >= 0.3 is 0 Å². The van der Waals surface area contributed by atoms with E-state index < -0.39 is 0 Å². The molecule has 3 nitrogen and oxygen atoms in total. The largest absolute Gasteiger partial charge is 0.454 e. The lowest BCUT2D eigenvalue weighted by atomic mass is 9.36. The summed E-state index contributed by atoms with van der Waals surface area (Å²) in [6.07, 6.45) is 5.01. The van der Waals surface area contributed by atoms with Gasteiger partial charge in [-0.15, -0.1) is 11.3 Å². The van der Waals surface area contributed by atoms with Crippen LogP contribution in [0.3, 0.4) is 0 Å². The smallest absolute Gasteiger partial charge is 0.264 e. The molecule has 0 N–H and O–H groups in total. The molecule has 2 aromatic heterocycles. The van der Waals surface area contributed by atoms with Gasteiger partial charge in [0, 0.05) is 48.1 Å². The lowest BCUT2D eigenvalue weighted by Gasteiger charge is -2.52. The highest BCUT2D eigenvalue weighted by atomic mass is 32.1. The summed E-state index contributed by atoms with van der Waals surface area (Å²) in [6, 6.07) is 34.7. The lowest BCUT2D eigenvalue weighted by Crippen LogP contribution is -2.64. The average Bonchev–Trinajstić information content (AvgIpc) is 3.73. The monoisotopic (exact) mass is 668 g/mol. The van der Waals surface area contributed by atoms with Gasteiger partial charge < -0.3 is 14.2 Å². The minimum absolute atomic E-state index is 0.0157. The molecule has 0 saturated heterocycles. The van der Waals surface area contributed by atoms with Crippen LogP contribution in [-0.4, -0.2) is 12.3 Å². The Morgan fingerprint density at radius 3 is 2.40 bits per heavy atom. The summed E-state index contributed by atoms with van der Waals surface area (Å²) in [4.78, 5) is 5.43. The Balaban J connectivity index is 1.30. The minimum Gasteiger partial charge on any atom is -0.454 e. The zero-order valence-corrected chi connectivity index (χ0v) is 30.6. The molecule has 1 unspecified atom stereocenters. The maximum absolute atomic E-state index is 6.82. The zero-order valence-electron chi connectivity index (χ0n) is 29.8. The maximum atomic E-state index is 6.82. The number of hydrogen-bond donors (Lipinski definition) is 0. The van der Waals surface area contributed by atoms with Gasteiger partial charge in [-0.2, -0.15) is 0 Å². The van der Waals surface area contributed by atoms with Crippen molar-refractivity contribution in [2.45, 2.75) is 83.6 Å². The minimum atomic E-state index is 0.0157. The van der Waals surface area contributed by atoms with Crippen molar-refractivity contribution in [1.29, 1.82) is 0 Å². The van der Waals surface area contributed by atoms with E-state index in [4.69, 9.17) is 4.42 Å². The van der Waals surface area contributed by atoms with E-state index in [0.717, 1.165) is 16.9 Å². The molecular formula is C45H41BN2OS. The van der Waals surface area contributed by atoms with Crippen LogP contribution in [0.25, 0.3) is 32.0 Å². The molecule has 0 bridgehead atoms. The number of hydrogen-bond acceptors (Lipinski definition) is 4. The third-order valence-corrected chi connectivity index (χ3v) is 14.4. The summed E-state index contributed by atoms with van der Waals surface area (Å²) in [5.41, 5.74) is 15.8. The van der Waals surface area contributed by atoms with E-state index in [1.165, 1.54) is 96.1 Å². The van der Waals surface area contributed by atoms with Crippen LogP contribution < -0.4 is 25.5 Å². The second-order valence-corrected chi connectivity index (χ2v) is 18.0. The van der Waals surface area contributed by atoms with E-state index in [0.29, 0.717) is 0 Å². The molecule has 5 heteroatoms. The number of furan rings is 1. The van der Waals surface area contributed by atoms with E-state index in [-0.39, 0.29) is 23.1 Å². The Kier molecular flexibility index (Phi) is 5.53. The normalized spacial score (nSPS) is 21.9. The average molecular weight is 669 g/mol. The number of nitrogens with zero attached hydrogens (tertiary/aromatic N) is 2. The molecule has 0 amide bonds. The zero-order chi connectivity index (χ0) is 33.9. The van der Waals surface area contributed by atoms with Gasteiger partial charge in [-0.05, 0) is 96.1 Å². The summed E-state index contributed by atoms with van der Waals surface area (Å²) in [5, 5.41) is 3.67. The molecule has 2 atom stereocenters. The first-order valence-electron chi connectivity index (χ1n) is 18.4. The molecule has 50 heavy (non-hydrogen) atoms. The molecule has 5 aromatic carbocycles. The van der Waals surface area contributed by atoms with Gasteiger partial charge in [0.2, 0.25) is 0 Å². The van der Waals surface area contributed by atoms with Crippen LogP contribution in [0.1, 0.15) is 77.0 Å². The summed E-state index contributed by atoms with van der Waals surface area (Å²) in [5.74, 6) is 0. The number of anilines is 5. The van der Waals surface area contributed by atoms with Crippen LogP contribution in [0.15, 0.2) is 95.4 Å². The first-order chi connectivity index (χ1) is 24.1. The number of rotatable bonds is 1. The van der Waals surface area contributed by atoms with Gasteiger partial charge in [0.25, 0.3) is 6.71 Å². The molecule has 1 saturated carbocycles. The van der Waals surface area contributed by atoms with Gasteiger partial charge in [-0.3, -0.25) is 0 Å². The van der Waals surface area contributed by atoms with Gasteiger partial charge in [0.05, 0.1) is 16.9 Å². The van der Waals surface area contributed by atoms with Crippen LogP contribution in [-0.2, 0) is 10.8 Å². The Morgan fingerprint density at radius 1 is 0.760 bits per heavy atom. The van der Waals surface area contributed by atoms with Crippen molar-refractivity contribution in [3.8, 4) is 0 Å². The first kappa shape index (κ1) is 29.3. The van der Waals surface area contributed by atoms with Crippen molar-refractivity contribution in [1.82, 2.24) is 0 Å². The number of aryl methyl sites for hydroxylation is 1. The Labute approximate surface area is 298 Å². The number of benzene rings is 5. The standard InChI is InChI=1S/C45H41BN2OS/c1-26-23-34-38-35(24-26)48-40-31(44(5)21-9-10-22-45(44,48)6)15-12-16-32(40)46(38)42-39(30-25-27(43(2,3)4)19-20-37(30)50-42)47(34)33-17-11-14-29-28-13-7-8-18-36(28)49-41(29)33/h7-8,11-20,23-25H,9-10,21-22H2,1-6H3/t44?,45-/m0/s1. The molecule has 7 aromatic rings. The summed E-state index contributed by atoms with van der Waals surface area (Å²) >= 11 is 1.99. The molecule has 0 radical (unpaired) electrons. The van der Waals surface area contributed by atoms with E-state index in [9.17, 15) is 0 Å². The van der Waals surface area contributed by atoms with Crippen molar-refractivity contribution < 1.29 is 4.42 Å². The van der Waals surface area contributed by atoms with Crippen LogP contribution in [0.4, 0.5) is 28.4 Å². The highest BCUT2D eigenvalue weighted by Gasteiger charge is 2.61. The van der Waals surface area contributed by atoms with E-state index in [2.05, 4.69) is 142 Å². The molecule has 246 valence electrons. The molecule has 3 aliphatic heterocycles. The van der Waals surface area contributed by atoms with Crippen molar-refractivity contribution in [3.63, 3.8) is 0 Å². The molecular weight excluding hydrogens is 627 g/mol. The fraction of sp³-hybridized carbons (Fsp3) is 0.289. The molecule has 4 aliphatic rings. The fourth-order valence-electron chi connectivity index (χ4n) is 10.5. The highest BCUT2D eigenvalue weighted by Crippen LogP contribution is 2.62. The Morgan fingerprint density at radius 2 is 1.54 bits per heavy atom. The van der Waals surface area contributed by atoms with Crippen LogP contribution in [0.5, 0.6) is 0 Å². The van der Waals surface area contributed by atoms with Crippen molar-refractivity contribution in [3.05, 3.63) is 108 Å². The van der Waals surface area contributed by atoms with Gasteiger partial charge in [0.1, 0.15) is 5.58 Å². The Hall–Kier alpha value is -4.48. The van der Waals surface area contributed by atoms with Crippen LogP contribution >= 0.6 is 11.3 Å². The summed E-state index contributed by atoms with van der Waals surface area (Å²) in [6.45, 7) is 14.6. The fourth-order valence-corrected chi connectivity index (χ4v) is 11.8. The van der Waals surface area contributed by atoms with Crippen LogP contribution in [0.2, 0.25) is 0 Å². The quantitative estimate of drug-likeness (QED) is 0.162. The summed E-state index contributed by atoms with van der Waals surface area (Å²) < 4.78 is 9.60. The first-order valence-corrected chi connectivity index (χ1v) is 19.3. The molecule has 1 aliphatic carbocycles. The third-order valence-electron chi connectivity index (χ3n) is 13.2. The van der Waals surface area contributed by atoms with E-state index >= 15 is 0 Å². The number of para-hydroxylation sites is 3. The molecule has 0 spiro atoms. The molecule has 5 heterocycles. The lowest BCUT2D eigenvalue weighted by molar-refractivity contribution is 0.195. The SMILES string of the molecule is Cc1cc2c3c(c1)N1c4c(cccc4C4(C)CCCC[C@]14C)B3c1sc3ccc(C(C)(C)C)cc3c1N2c1cccc2c1oc1ccccc12. The molecule has 11 rings (SSSR count). The Bertz CT molecular complexity index is 2620. The van der Waals surface area contributed by atoms with Gasteiger partial charge in [-0.25, -0.2) is 0 Å². The third kappa shape index (κ3) is 3.43. The van der Waals surface area contributed by atoms with E-state index in [1.807, 2.05) is 11.3 Å². The van der Waals surface area contributed by atoms with Gasteiger partial charge in [-0.1, -0.05) is 95.1 Å². The van der Waals surface area contributed by atoms with E-state index in [1.54, 1.807) is 5.56 Å². The molecule has 1 fully saturated rings. The predicted octanol–water partition coefficient (Wildman–Crippen LogP) is 10.8. The number of fused-ring (bicyclic) bond motifs is 12. The number of thiophene rings is 1. The second kappa shape index (κ2) is 9.44. The highest BCUT2D eigenvalue weighted by molar-refractivity contribution is 7.33. The maximum Gasteiger partial charge on any atom is 0.264 e. The van der Waals surface area contributed by atoms with Crippen molar-refractivity contribution in [2.75, 3.05) is 9.80 Å². The topological polar surface area (TPSA) is 19.6 Å². The van der Waals surface area contributed by atoms with Crippen LogP contribution in [0, 0.1) is 6.92 Å². The van der Waals surface area contributed by atoms with Gasteiger partial charge in [0.15, 0.2) is 5.58 Å². The predicted molar refractivity (Wildman–Crippen MR) is 215 cm³/mol. The van der Waals surface area contributed by atoms with Crippen molar-refractivity contribution in [2.24, 2.45) is 0 Å². The summed E-state index contributed by atoms with van der Waals surface area (Å²) in [7, 11) is 0.